The first-order valence-electron chi connectivity index (χ1n) is 8.52. The zero-order valence-electron chi connectivity index (χ0n) is 15.0. The number of ether oxygens (including phenoxy) is 1. The Bertz CT molecular complexity index is 566. The highest BCUT2D eigenvalue weighted by Crippen LogP contribution is 2.20. The fourth-order valence-corrected chi connectivity index (χ4v) is 2.82. The molecule has 24 heavy (non-hydrogen) atoms. The minimum absolute atomic E-state index is 0.0132. The largest absolute Gasteiger partial charge is 0.445 e. The third kappa shape index (κ3) is 5.25. The van der Waals surface area contributed by atoms with Crippen molar-refractivity contribution in [2.24, 2.45) is 11.3 Å². The highest BCUT2D eigenvalue weighted by Gasteiger charge is 2.32. The Kier molecular flexibility index (Phi) is 5.86. The highest BCUT2D eigenvalue weighted by atomic mass is 16.6. The number of carbonyl (C=O) groups excluding carboxylic acids is 2. The standard InChI is InChI=1S/C19H28N2O3/c1-14-10-16(20-17(22)19(2,3)4)12-21(11-14)18(23)24-13-15-8-6-5-7-9-15/h5-9,14,16H,10-13H2,1-4H3,(H,20,22)/t14-,16-/m1/s1. The van der Waals surface area contributed by atoms with Crippen molar-refractivity contribution in [3.63, 3.8) is 0 Å². The van der Waals surface area contributed by atoms with Crippen LogP contribution in [0.1, 0.15) is 39.7 Å². The molecule has 2 atom stereocenters. The molecule has 1 heterocycles. The number of hydrogen-bond acceptors (Lipinski definition) is 3. The predicted molar refractivity (Wildman–Crippen MR) is 93.4 cm³/mol. The zero-order valence-corrected chi connectivity index (χ0v) is 15.0. The molecule has 0 aliphatic carbocycles. The van der Waals surface area contributed by atoms with Crippen LogP contribution < -0.4 is 5.32 Å². The molecule has 1 saturated heterocycles. The summed E-state index contributed by atoms with van der Waals surface area (Å²) in [6, 6.07) is 9.61. The van der Waals surface area contributed by atoms with E-state index in [0.29, 0.717) is 19.0 Å². The van der Waals surface area contributed by atoms with Crippen LogP contribution in [0.15, 0.2) is 30.3 Å². The van der Waals surface area contributed by atoms with Crippen molar-refractivity contribution < 1.29 is 14.3 Å². The van der Waals surface area contributed by atoms with Crippen molar-refractivity contribution in [2.75, 3.05) is 13.1 Å². The van der Waals surface area contributed by atoms with Crippen molar-refractivity contribution in [3.8, 4) is 0 Å². The number of amides is 2. The average molecular weight is 332 g/mol. The van der Waals surface area contributed by atoms with Gasteiger partial charge < -0.3 is 15.0 Å². The van der Waals surface area contributed by atoms with Crippen LogP contribution in [0.5, 0.6) is 0 Å². The molecular formula is C19H28N2O3. The second-order valence-corrected chi connectivity index (χ2v) is 7.71. The summed E-state index contributed by atoms with van der Waals surface area (Å²) in [5.74, 6) is 0.340. The Morgan fingerprint density at radius 3 is 2.50 bits per heavy atom. The van der Waals surface area contributed by atoms with Gasteiger partial charge in [-0.25, -0.2) is 4.79 Å². The molecule has 2 amide bonds. The summed E-state index contributed by atoms with van der Waals surface area (Å²) in [7, 11) is 0. The van der Waals surface area contributed by atoms with Crippen LogP contribution in [0.2, 0.25) is 0 Å². The first-order chi connectivity index (χ1) is 11.3. The lowest BCUT2D eigenvalue weighted by molar-refractivity contribution is -0.129. The molecule has 0 spiro atoms. The van der Waals surface area contributed by atoms with Crippen molar-refractivity contribution in [1.29, 1.82) is 0 Å². The van der Waals surface area contributed by atoms with Crippen molar-refractivity contribution in [1.82, 2.24) is 10.2 Å². The van der Waals surface area contributed by atoms with Gasteiger partial charge in [-0.2, -0.15) is 0 Å². The van der Waals surface area contributed by atoms with Crippen molar-refractivity contribution >= 4 is 12.0 Å². The SMILES string of the molecule is C[C@@H]1C[C@@H](NC(=O)C(C)(C)C)CN(C(=O)OCc2ccccc2)C1. The summed E-state index contributed by atoms with van der Waals surface area (Å²) in [4.78, 5) is 26.2. The van der Waals surface area contributed by atoms with E-state index < -0.39 is 5.41 Å². The maximum Gasteiger partial charge on any atom is 0.410 e. The Labute approximate surface area is 144 Å². The molecule has 1 aliphatic heterocycles. The number of hydrogen-bond donors (Lipinski definition) is 1. The number of benzene rings is 1. The van der Waals surface area contributed by atoms with E-state index in [4.69, 9.17) is 4.74 Å². The van der Waals surface area contributed by atoms with Crippen LogP contribution in [0.4, 0.5) is 4.79 Å². The highest BCUT2D eigenvalue weighted by molar-refractivity contribution is 5.81. The normalized spacial score (nSPS) is 21.2. The number of rotatable bonds is 3. The van der Waals surface area contributed by atoms with E-state index >= 15 is 0 Å². The smallest absolute Gasteiger partial charge is 0.410 e. The Morgan fingerprint density at radius 1 is 1.21 bits per heavy atom. The number of nitrogens with zero attached hydrogens (tertiary/aromatic N) is 1. The van der Waals surface area contributed by atoms with Gasteiger partial charge in [0.1, 0.15) is 6.61 Å². The van der Waals surface area contributed by atoms with Gasteiger partial charge in [0, 0.05) is 24.5 Å². The molecule has 0 radical (unpaired) electrons. The van der Waals surface area contributed by atoms with Gasteiger partial charge >= 0.3 is 6.09 Å². The number of likely N-dealkylation sites (tertiary alicyclic amines) is 1. The van der Waals surface area contributed by atoms with E-state index in [9.17, 15) is 9.59 Å². The molecule has 5 heteroatoms. The van der Waals surface area contributed by atoms with Gasteiger partial charge in [0.2, 0.25) is 5.91 Å². The van der Waals surface area contributed by atoms with E-state index in [-0.39, 0.29) is 24.6 Å². The molecule has 1 aromatic carbocycles. The third-order valence-corrected chi connectivity index (χ3v) is 4.14. The van der Waals surface area contributed by atoms with Gasteiger partial charge in [0.25, 0.3) is 0 Å². The molecule has 0 aromatic heterocycles. The van der Waals surface area contributed by atoms with E-state index in [1.165, 1.54) is 0 Å². The predicted octanol–water partition coefficient (Wildman–Crippen LogP) is 3.20. The summed E-state index contributed by atoms with van der Waals surface area (Å²) in [6.07, 6.45) is 0.560. The van der Waals surface area contributed by atoms with Crippen LogP contribution in [-0.2, 0) is 16.1 Å². The maximum atomic E-state index is 12.3. The van der Waals surface area contributed by atoms with Gasteiger partial charge in [-0.1, -0.05) is 58.0 Å². The number of piperidine rings is 1. The molecule has 0 unspecified atom stereocenters. The quantitative estimate of drug-likeness (QED) is 0.925. The molecule has 132 valence electrons. The molecule has 1 aromatic rings. The summed E-state index contributed by atoms with van der Waals surface area (Å²) < 4.78 is 5.41. The number of nitrogens with one attached hydrogen (secondary N) is 1. The summed E-state index contributed by atoms with van der Waals surface area (Å²) in [5, 5.41) is 3.06. The van der Waals surface area contributed by atoms with Crippen LogP contribution in [0.25, 0.3) is 0 Å². The second kappa shape index (κ2) is 7.69. The van der Waals surface area contributed by atoms with Crippen molar-refractivity contribution in [2.45, 2.75) is 46.8 Å². The molecule has 5 nitrogen and oxygen atoms in total. The Balaban J connectivity index is 1.90. The maximum absolute atomic E-state index is 12.3. The van der Waals surface area contributed by atoms with Gasteiger partial charge in [-0.15, -0.1) is 0 Å². The average Bonchev–Trinajstić information content (AvgIpc) is 2.52. The van der Waals surface area contributed by atoms with Crippen LogP contribution in [-0.4, -0.2) is 36.0 Å². The van der Waals surface area contributed by atoms with Crippen LogP contribution in [0, 0.1) is 11.3 Å². The summed E-state index contributed by atoms with van der Waals surface area (Å²) >= 11 is 0. The van der Waals surface area contributed by atoms with E-state index in [2.05, 4.69) is 12.2 Å². The summed E-state index contributed by atoms with van der Waals surface area (Å²) in [5.41, 5.74) is 0.535. The fraction of sp³-hybridized carbons (Fsp3) is 0.579. The van der Waals surface area contributed by atoms with E-state index in [0.717, 1.165) is 12.0 Å². The lowest BCUT2D eigenvalue weighted by Crippen LogP contribution is -2.53. The molecule has 1 fully saturated rings. The van der Waals surface area contributed by atoms with Gasteiger partial charge in [-0.3, -0.25) is 4.79 Å². The monoisotopic (exact) mass is 332 g/mol. The van der Waals surface area contributed by atoms with Gasteiger partial charge in [0.05, 0.1) is 0 Å². The molecule has 2 rings (SSSR count). The molecule has 0 bridgehead atoms. The lowest BCUT2D eigenvalue weighted by Gasteiger charge is -2.37. The first kappa shape index (κ1) is 18.3. The lowest BCUT2D eigenvalue weighted by atomic mass is 9.92. The fourth-order valence-electron chi connectivity index (χ4n) is 2.82. The Hall–Kier alpha value is -2.04. The topological polar surface area (TPSA) is 58.6 Å². The first-order valence-corrected chi connectivity index (χ1v) is 8.52. The molecular weight excluding hydrogens is 304 g/mol. The minimum Gasteiger partial charge on any atom is -0.445 e. The van der Waals surface area contributed by atoms with Gasteiger partial charge in [0.15, 0.2) is 0 Å². The molecule has 1 aliphatic rings. The van der Waals surface area contributed by atoms with Crippen LogP contribution >= 0.6 is 0 Å². The van der Waals surface area contributed by atoms with Gasteiger partial charge in [-0.05, 0) is 17.9 Å². The summed E-state index contributed by atoms with van der Waals surface area (Å²) in [6.45, 7) is 9.19. The van der Waals surface area contributed by atoms with E-state index in [1.807, 2.05) is 51.1 Å². The van der Waals surface area contributed by atoms with E-state index in [1.54, 1.807) is 4.90 Å². The van der Waals surface area contributed by atoms with Crippen LogP contribution in [0.3, 0.4) is 0 Å². The molecule has 0 saturated carbocycles. The zero-order chi connectivity index (χ0) is 17.7. The molecule has 1 N–H and O–H groups in total. The minimum atomic E-state index is -0.431. The van der Waals surface area contributed by atoms with Crippen molar-refractivity contribution in [3.05, 3.63) is 35.9 Å². The number of carbonyl (C=O) groups is 2. The second-order valence-electron chi connectivity index (χ2n) is 7.71. The Morgan fingerprint density at radius 2 is 1.88 bits per heavy atom. The third-order valence-electron chi connectivity index (χ3n) is 4.14.